The number of hydroxylamine groups is 2. The van der Waals surface area contributed by atoms with Gasteiger partial charge in [0.2, 0.25) is 0 Å². The Morgan fingerprint density at radius 2 is 2.11 bits per heavy atom. The number of benzene rings is 1. The quantitative estimate of drug-likeness (QED) is 0.846. The summed E-state index contributed by atoms with van der Waals surface area (Å²) in [7, 11) is 0. The van der Waals surface area contributed by atoms with Gasteiger partial charge in [-0.2, -0.15) is 5.06 Å². The Balaban J connectivity index is 1.91. The normalized spacial score (nSPS) is 22.3. The van der Waals surface area contributed by atoms with Crippen molar-refractivity contribution in [3.05, 3.63) is 48.0 Å². The molecule has 0 saturated carbocycles. The van der Waals surface area contributed by atoms with Gasteiger partial charge in [-0.05, 0) is 12.5 Å². The van der Waals surface area contributed by atoms with Crippen LogP contribution in [-0.2, 0) is 16.2 Å². The first-order valence-electron chi connectivity index (χ1n) is 6.16. The Labute approximate surface area is 112 Å². The molecule has 0 saturated heterocycles. The van der Waals surface area contributed by atoms with Gasteiger partial charge in [0.1, 0.15) is 12.7 Å². The summed E-state index contributed by atoms with van der Waals surface area (Å²) in [6.07, 6.45) is 2.47. The van der Waals surface area contributed by atoms with Crippen molar-refractivity contribution in [1.82, 2.24) is 5.06 Å². The average Bonchev–Trinajstić information content (AvgIpc) is 2.46. The van der Waals surface area contributed by atoms with Crippen LogP contribution < -0.4 is 0 Å². The minimum atomic E-state index is -0.556. The summed E-state index contributed by atoms with van der Waals surface area (Å²) in [4.78, 5) is 17.2. The molecule has 0 bridgehead atoms. The molecule has 2 atom stereocenters. The van der Waals surface area contributed by atoms with Crippen LogP contribution in [0.25, 0.3) is 0 Å². The molecule has 0 radical (unpaired) electrons. The van der Waals surface area contributed by atoms with E-state index < -0.39 is 12.2 Å². The molecule has 0 aromatic heterocycles. The summed E-state index contributed by atoms with van der Waals surface area (Å²) in [5.74, 6) is 0. The maximum atomic E-state index is 11.9. The fourth-order valence-corrected chi connectivity index (χ4v) is 1.73. The summed E-state index contributed by atoms with van der Waals surface area (Å²) in [6.45, 7) is 1.83. The van der Waals surface area contributed by atoms with E-state index in [0.717, 1.165) is 10.6 Å². The molecule has 1 N–H and O–H groups in total. The van der Waals surface area contributed by atoms with Crippen LogP contribution in [0.3, 0.4) is 0 Å². The van der Waals surface area contributed by atoms with Gasteiger partial charge < -0.3 is 9.84 Å². The van der Waals surface area contributed by atoms with Crippen LogP contribution in [0.1, 0.15) is 12.5 Å². The molecule has 5 heteroatoms. The first kappa shape index (κ1) is 13.6. The van der Waals surface area contributed by atoms with Crippen molar-refractivity contribution in [3.8, 4) is 0 Å². The predicted molar refractivity (Wildman–Crippen MR) is 69.0 cm³/mol. The van der Waals surface area contributed by atoms with Gasteiger partial charge in [-0.3, -0.25) is 4.84 Å². The number of aliphatic hydroxyl groups is 1. The smallest absolute Gasteiger partial charge is 0.434 e. The van der Waals surface area contributed by atoms with E-state index in [-0.39, 0.29) is 19.3 Å². The molecule has 1 amide bonds. The molecular formula is C14H17NO4. The molecule has 1 aromatic carbocycles. The Kier molecular flexibility index (Phi) is 4.54. The van der Waals surface area contributed by atoms with Crippen LogP contribution in [0.5, 0.6) is 0 Å². The van der Waals surface area contributed by atoms with E-state index in [1.165, 1.54) is 0 Å². The number of amides is 1. The molecule has 1 aliphatic rings. The molecule has 19 heavy (non-hydrogen) atoms. The lowest BCUT2D eigenvalue weighted by atomic mass is 10.2. The van der Waals surface area contributed by atoms with E-state index in [4.69, 9.17) is 14.7 Å². The average molecular weight is 263 g/mol. The second-order valence-electron chi connectivity index (χ2n) is 4.32. The number of ether oxygens (including phenoxy) is 1. The molecule has 0 fully saturated rings. The highest BCUT2D eigenvalue weighted by Crippen LogP contribution is 2.15. The predicted octanol–water partition coefficient (Wildman–Crippen LogP) is 1.88. The van der Waals surface area contributed by atoms with Crippen molar-refractivity contribution >= 4 is 6.09 Å². The van der Waals surface area contributed by atoms with Crippen molar-refractivity contribution in [3.63, 3.8) is 0 Å². The fourth-order valence-electron chi connectivity index (χ4n) is 1.73. The Morgan fingerprint density at radius 1 is 1.37 bits per heavy atom. The van der Waals surface area contributed by atoms with Gasteiger partial charge in [-0.15, -0.1) is 0 Å². The lowest BCUT2D eigenvalue weighted by Gasteiger charge is -2.31. The topological polar surface area (TPSA) is 59.0 Å². The molecule has 0 unspecified atom stereocenters. The van der Waals surface area contributed by atoms with Crippen LogP contribution >= 0.6 is 0 Å². The molecule has 5 nitrogen and oxygen atoms in total. The zero-order chi connectivity index (χ0) is 13.7. The van der Waals surface area contributed by atoms with E-state index in [0.29, 0.717) is 0 Å². The number of nitrogens with zero attached hydrogens (tertiary/aromatic N) is 1. The highest BCUT2D eigenvalue weighted by Gasteiger charge is 2.27. The lowest BCUT2D eigenvalue weighted by molar-refractivity contribution is -0.188. The number of carbonyl (C=O) groups is 1. The van der Waals surface area contributed by atoms with Gasteiger partial charge >= 0.3 is 6.09 Å². The summed E-state index contributed by atoms with van der Waals surface area (Å²) < 4.78 is 5.18. The zero-order valence-electron chi connectivity index (χ0n) is 10.7. The van der Waals surface area contributed by atoms with Crippen LogP contribution in [0, 0.1) is 0 Å². The number of hydrogen-bond acceptors (Lipinski definition) is 4. The molecule has 1 heterocycles. The first-order chi connectivity index (χ1) is 9.20. The van der Waals surface area contributed by atoms with Gasteiger partial charge in [0.15, 0.2) is 0 Å². The summed E-state index contributed by atoms with van der Waals surface area (Å²) >= 11 is 0. The van der Waals surface area contributed by atoms with Gasteiger partial charge in [-0.25, -0.2) is 4.79 Å². The van der Waals surface area contributed by atoms with Crippen molar-refractivity contribution in [2.45, 2.75) is 25.7 Å². The highest BCUT2D eigenvalue weighted by atomic mass is 16.7. The third kappa shape index (κ3) is 3.56. The third-order valence-electron chi connectivity index (χ3n) is 2.79. The number of rotatable bonds is 3. The molecule has 1 aliphatic heterocycles. The Morgan fingerprint density at radius 3 is 2.79 bits per heavy atom. The van der Waals surface area contributed by atoms with Gasteiger partial charge in [0, 0.05) is 0 Å². The van der Waals surface area contributed by atoms with Crippen LogP contribution in [0.4, 0.5) is 4.79 Å². The highest BCUT2D eigenvalue weighted by molar-refractivity contribution is 5.67. The first-order valence-corrected chi connectivity index (χ1v) is 6.16. The molecule has 2 rings (SSSR count). The minimum Gasteiger partial charge on any atom is -0.443 e. The molecular weight excluding hydrogens is 246 g/mol. The van der Waals surface area contributed by atoms with E-state index in [2.05, 4.69) is 0 Å². The van der Waals surface area contributed by atoms with E-state index >= 15 is 0 Å². The summed E-state index contributed by atoms with van der Waals surface area (Å²) in [6, 6.07) is 9.21. The van der Waals surface area contributed by atoms with E-state index in [1.54, 1.807) is 12.2 Å². The maximum absolute atomic E-state index is 11.9. The number of aliphatic hydroxyl groups excluding tert-OH is 1. The van der Waals surface area contributed by atoms with Crippen LogP contribution in [-0.4, -0.2) is 35.0 Å². The largest absolute Gasteiger partial charge is 0.443 e. The zero-order valence-corrected chi connectivity index (χ0v) is 10.7. The Hall–Kier alpha value is -1.85. The van der Waals surface area contributed by atoms with Gasteiger partial charge in [0.25, 0.3) is 0 Å². The minimum absolute atomic E-state index is 0.175. The molecule has 102 valence electrons. The number of carbonyl (C=O) groups excluding carboxylic acids is 1. The Bertz CT molecular complexity index is 446. The monoisotopic (exact) mass is 263 g/mol. The number of hydrogen-bond donors (Lipinski definition) is 1. The lowest BCUT2D eigenvalue weighted by Crippen LogP contribution is -2.44. The van der Waals surface area contributed by atoms with Crippen molar-refractivity contribution in [1.29, 1.82) is 0 Å². The summed E-state index contributed by atoms with van der Waals surface area (Å²) in [5.41, 5.74) is 0.912. The molecule has 0 aliphatic carbocycles. The van der Waals surface area contributed by atoms with Gasteiger partial charge in [-0.1, -0.05) is 42.5 Å². The van der Waals surface area contributed by atoms with Crippen molar-refractivity contribution in [2.24, 2.45) is 0 Å². The van der Waals surface area contributed by atoms with Crippen molar-refractivity contribution < 1.29 is 19.5 Å². The van der Waals surface area contributed by atoms with E-state index in [1.807, 2.05) is 37.3 Å². The van der Waals surface area contributed by atoms with Crippen LogP contribution in [0.2, 0.25) is 0 Å². The second kappa shape index (κ2) is 6.36. The third-order valence-corrected chi connectivity index (χ3v) is 2.79. The van der Waals surface area contributed by atoms with Crippen LogP contribution in [0.15, 0.2) is 42.5 Å². The molecule has 0 spiro atoms. The van der Waals surface area contributed by atoms with Gasteiger partial charge in [0.05, 0.1) is 12.6 Å². The van der Waals surface area contributed by atoms with Crippen molar-refractivity contribution in [2.75, 3.05) is 6.61 Å². The molecule has 1 aromatic rings. The second-order valence-corrected chi connectivity index (χ2v) is 4.32. The maximum Gasteiger partial charge on any atom is 0.434 e. The standard InChI is InChI=1S/C14H17NO4/c1-11-7-8-13(9-16)19-15(11)14(17)18-10-12-5-3-2-4-6-12/h2-8,11,13,16H,9-10H2,1H3/t11-,13-/m0/s1. The van der Waals surface area contributed by atoms with E-state index in [9.17, 15) is 4.79 Å². The fraction of sp³-hybridized carbons (Fsp3) is 0.357. The summed E-state index contributed by atoms with van der Waals surface area (Å²) in [5, 5.41) is 10.2. The SMILES string of the molecule is C[C@H]1C=C[C@@H](CO)ON1C(=O)OCc1ccccc1.